The molecule has 2 amide bonds. The molecule has 0 heterocycles. The fraction of sp³-hybridized carbons (Fsp3) is 0.286. The minimum absolute atomic E-state index is 0.201. The molecular formula is C21H22N2O4. The van der Waals surface area contributed by atoms with Gasteiger partial charge in [-0.25, -0.2) is 0 Å². The van der Waals surface area contributed by atoms with Crippen molar-refractivity contribution in [2.45, 2.75) is 13.8 Å². The molecule has 27 heavy (non-hydrogen) atoms. The molecule has 1 saturated carbocycles. The average molecular weight is 366 g/mol. The van der Waals surface area contributed by atoms with Gasteiger partial charge in [-0.05, 0) is 35.7 Å². The van der Waals surface area contributed by atoms with Gasteiger partial charge in [0.25, 0.3) is 5.91 Å². The monoisotopic (exact) mass is 366 g/mol. The summed E-state index contributed by atoms with van der Waals surface area (Å²) in [5.41, 5.74) is 1.10. The summed E-state index contributed by atoms with van der Waals surface area (Å²) < 4.78 is 0. The zero-order valence-electron chi connectivity index (χ0n) is 15.5. The minimum atomic E-state index is -0.964. The zero-order valence-corrected chi connectivity index (χ0v) is 15.5. The molecule has 0 aliphatic heterocycles. The van der Waals surface area contributed by atoms with Crippen molar-refractivity contribution in [2.24, 2.45) is 17.3 Å². The van der Waals surface area contributed by atoms with Crippen LogP contribution in [0.5, 0.6) is 0 Å². The second-order valence-corrected chi connectivity index (χ2v) is 7.38. The van der Waals surface area contributed by atoms with E-state index in [1.807, 2.05) is 30.3 Å². The van der Waals surface area contributed by atoms with E-state index in [1.54, 1.807) is 45.2 Å². The lowest BCUT2D eigenvalue weighted by Gasteiger charge is -2.17. The molecule has 2 atom stereocenters. The Hall–Kier alpha value is -3.15. The number of amides is 2. The van der Waals surface area contributed by atoms with Crippen molar-refractivity contribution in [1.82, 2.24) is 0 Å². The number of aliphatic carboxylic acids is 1. The Kier molecular flexibility index (Phi) is 4.74. The van der Waals surface area contributed by atoms with Crippen LogP contribution in [0.25, 0.3) is 0 Å². The van der Waals surface area contributed by atoms with Crippen LogP contribution in [0.2, 0.25) is 0 Å². The van der Waals surface area contributed by atoms with Crippen molar-refractivity contribution in [1.29, 1.82) is 0 Å². The summed E-state index contributed by atoms with van der Waals surface area (Å²) >= 11 is 0. The van der Waals surface area contributed by atoms with Crippen LogP contribution < -0.4 is 10.2 Å². The highest BCUT2D eigenvalue weighted by atomic mass is 16.4. The molecular weight excluding hydrogens is 344 g/mol. The number of hydrogen-bond acceptors (Lipinski definition) is 3. The van der Waals surface area contributed by atoms with Crippen molar-refractivity contribution in [3.63, 3.8) is 0 Å². The Morgan fingerprint density at radius 3 is 2.26 bits per heavy atom. The standard InChI is InChI=1S/C21H22N2O4/c1-21(2)16(17(21)20(26)27)18(24)22-14-9-7-8-13(12-14)19(25)23(3)15-10-5-4-6-11-15/h4-12,16-17H,1-3H3,(H,22,24)(H,26,27)/t16-,17-/m1/s1. The Morgan fingerprint density at radius 2 is 1.67 bits per heavy atom. The van der Waals surface area contributed by atoms with Gasteiger partial charge in [-0.15, -0.1) is 0 Å². The lowest BCUT2D eigenvalue weighted by Crippen LogP contribution is -2.26. The van der Waals surface area contributed by atoms with E-state index < -0.39 is 23.2 Å². The van der Waals surface area contributed by atoms with E-state index >= 15 is 0 Å². The lowest BCUT2D eigenvalue weighted by molar-refractivity contribution is -0.140. The van der Waals surface area contributed by atoms with E-state index in [4.69, 9.17) is 0 Å². The SMILES string of the molecule is CN(C(=O)c1cccc(NC(=O)[C@H]2[C@H](C(=O)O)C2(C)C)c1)c1ccccc1. The van der Waals surface area contributed by atoms with Crippen molar-refractivity contribution in [3.8, 4) is 0 Å². The van der Waals surface area contributed by atoms with E-state index in [0.717, 1.165) is 5.69 Å². The summed E-state index contributed by atoms with van der Waals surface area (Å²) in [4.78, 5) is 38.0. The molecule has 0 unspecified atom stereocenters. The number of nitrogens with zero attached hydrogens (tertiary/aromatic N) is 1. The first-order valence-corrected chi connectivity index (χ1v) is 8.70. The van der Waals surface area contributed by atoms with Crippen molar-refractivity contribution in [3.05, 3.63) is 60.2 Å². The molecule has 0 saturated heterocycles. The Labute approximate surface area is 157 Å². The van der Waals surface area contributed by atoms with Gasteiger partial charge in [-0.3, -0.25) is 14.4 Å². The summed E-state index contributed by atoms with van der Waals surface area (Å²) in [5.74, 6) is -2.78. The van der Waals surface area contributed by atoms with Crippen LogP contribution in [0, 0.1) is 17.3 Å². The molecule has 0 spiro atoms. The first-order chi connectivity index (χ1) is 12.7. The summed E-state index contributed by atoms with van der Waals surface area (Å²) in [5, 5.41) is 12.0. The second kappa shape index (κ2) is 6.87. The smallest absolute Gasteiger partial charge is 0.307 e. The van der Waals surface area contributed by atoms with Crippen LogP contribution in [0.4, 0.5) is 11.4 Å². The molecule has 3 rings (SSSR count). The Morgan fingerprint density at radius 1 is 1.00 bits per heavy atom. The molecule has 0 aromatic heterocycles. The van der Waals surface area contributed by atoms with E-state index in [1.165, 1.54) is 4.90 Å². The highest BCUT2D eigenvalue weighted by molar-refractivity contribution is 6.07. The van der Waals surface area contributed by atoms with Crippen LogP contribution in [0.3, 0.4) is 0 Å². The molecule has 1 aliphatic rings. The van der Waals surface area contributed by atoms with Crippen molar-refractivity contribution >= 4 is 29.2 Å². The van der Waals surface area contributed by atoms with E-state index in [9.17, 15) is 19.5 Å². The topological polar surface area (TPSA) is 86.7 Å². The number of rotatable bonds is 5. The number of hydrogen-bond donors (Lipinski definition) is 2. The van der Waals surface area contributed by atoms with Gasteiger partial charge in [0.15, 0.2) is 0 Å². The molecule has 6 heteroatoms. The maximum absolute atomic E-state index is 12.7. The van der Waals surface area contributed by atoms with Gasteiger partial charge in [0, 0.05) is 24.0 Å². The molecule has 140 valence electrons. The minimum Gasteiger partial charge on any atom is -0.481 e. The fourth-order valence-electron chi connectivity index (χ4n) is 3.50. The number of carboxylic acid groups (broad SMARTS) is 1. The summed E-state index contributed by atoms with van der Waals surface area (Å²) in [6, 6.07) is 15.9. The molecule has 1 aliphatic carbocycles. The molecule has 1 fully saturated rings. The number of carbonyl (C=O) groups excluding carboxylic acids is 2. The third kappa shape index (κ3) is 3.56. The van der Waals surface area contributed by atoms with Crippen LogP contribution in [-0.4, -0.2) is 29.9 Å². The van der Waals surface area contributed by atoms with Gasteiger partial charge in [0.2, 0.25) is 5.91 Å². The van der Waals surface area contributed by atoms with Gasteiger partial charge < -0.3 is 15.3 Å². The van der Waals surface area contributed by atoms with Crippen LogP contribution in [-0.2, 0) is 9.59 Å². The first kappa shape index (κ1) is 18.6. The zero-order chi connectivity index (χ0) is 19.8. The summed E-state index contributed by atoms with van der Waals surface area (Å²) in [6.07, 6.45) is 0. The highest BCUT2D eigenvalue weighted by Gasteiger charge is 2.65. The summed E-state index contributed by atoms with van der Waals surface area (Å²) in [7, 11) is 1.69. The number of benzene rings is 2. The van der Waals surface area contributed by atoms with Gasteiger partial charge in [-0.1, -0.05) is 38.1 Å². The summed E-state index contributed by atoms with van der Waals surface area (Å²) in [6.45, 7) is 3.54. The van der Waals surface area contributed by atoms with Gasteiger partial charge in [0.1, 0.15) is 0 Å². The van der Waals surface area contributed by atoms with E-state index in [0.29, 0.717) is 11.3 Å². The fourth-order valence-corrected chi connectivity index (χ4v) is 3.50. The van der Waals surface area contributed by atoms with Crippen molar-refractivity contribution < 1.29 is 19.5 Å². The van der Waals surface area contributed by atoms with Gasteiger partial charge in [0.05, 0.1) is 11.8 Å². The molecule has 2 N–H and O–H groups in total. The van der Waals surface area contributed by atoms with Crippen molar-refractivity contribution in [2.75, 3.05) is 17.3 Å². The largest absolute Gasteiger partial charge is 0.481 e. The normalized spacial score (nSPS) is 19.8. The first-order valence-electron chi connectivity index (χ1n) is 8.70. The second-order valence-electron chi connectivity index (χ2n) is 7.38. The third-order valence-electron chi connectivity index (χ3n) is 5.20. The van der Waals surface area contributed by atoms with Crippen LogP contribution in [0.1, 0.15) is 24.2 Å². The predicted octanol–water partition coefficient (Wildman–Crippen LogP) is 3.26. The maximum atomic E-state index is 12.7. The molecule has 0 bridgehead atoms. The number of carbonyl (C=O) groups is 3. The molecule has 0 radical (unpaired) electrons. The Balaban J connectivity index is 1.74. The average Bonchev–Trinajstić information content (AvgIpc) is 3.24. The number of carboxylic acids is 1. The predicted molar refractivity (Wildman–Crippen MR) is 103 cm³/mol. The molecule has 2 aromatic rings. The number of para-hydroxylation sites is 1. The van der Waals surface area contributed by atoms with Gasteiger partial charge >= 0.3 is 5.97 Å². The van der Waals surface area contributed by atoms with Crippen LogP contribution >= 0.6 is 0 Å². The highest BCUT2D eigenvalue weighted by Crippen LogP contribution is 2.58. The van der Waals surface area contributed by atoms with E-state index in [2.05, 4.69) is 5.32 Å². The van der Waals surface area contributed by atoms with E-state index in [-0.39, 0.29) is 11.8 Å². The number of nitrogens with one attached hydrogen (secondary N) is 1. The molecule has 6 nitrogen and oxygen atoms in total. The number of anilines is 2. The third-order valence-corrected chi connectivity index (χ3v) is 5.20. The maximum Gasteiger partial charge on any atom is 0.307 e. The van der Waals surface area contributed by atoms with Gasteiger partial charge in [-0.2, -0.15) is 0 Å². The molecule has 2 aromatic carbocycles. The quantitative estimate of drug-likeness (QED) is 0.850. The Bertz CT molecular complexity index is 892. The van der Waals surface area contributed by atoms with Crippen LogP contribution in [0.15, 0.2) is 54.6 Å². The lowest BCUT2D eigenvalue weighted by atomic mass is 10.1.